The van der Waals surface area contributed by atoms with Crippen molar-refractivity contribution in [2.45, 2.75) is 44.9 Å². The Labute approximate surface area is 243 Å². The molecule has 1 atom stereocenters. The molecule has 0 spiro atoms. The van der Waals surface area contributed by atoms with Crippen LogP contribution in [0.2, 0.25) is 10.0 Å². The lowest BCUT2D eigenvalue weighted by molar-refractivity contribution is -0.00737. The van der Waals surface area contributed by atoms with Crippen molar-refractivity contribution >= 4 is 52.9 Å². The number of benzene rings is 2. The number of nitrogens with zero attached hydrogens (tertiary/aromatic N) is 3. The topological polar surface area (TPSA) is 75.8 Å². The Kier molecular flexibility index (Phi) is 6.50. The minimum absolute atomic E-state index is 0.131. The lowest BCUT2D eigenvalue weighted by Crippen LogP contribution is -2.31. The van der Waals surface area contributed by atoms with Crippen LogP contribution in [0.3, 0.4) is 0 Å². The van der Waals surface area contributed by atoms with Crippen LogP contribution < -0.4 is 5.46 Å². The summed E-state index contributed by atoms with van der Waals surface area (Å²) >= 11 is 12.5. The van der Waals surface area contributed by atoms with E-state index in [9.17, 15) is 9.82 Å². The Morgan fingerprint density at radius 2 is 1.85 bits per heavy atom. The Morgan fingerprint density at radius 1 is 1.10 bits per heavy atom. The molecule has 6 rings (SSSR count). The van der Waals surface area contributed by atoms with Crippen molar-refractivity contribution in [2.75, 3.05) is 7.05 Å². The summed E-state index contributed by atoms with van der Waals surface area (Å²) in [6, 6.07) is 18.8. The molecule has 2 aliphatic rings. The molecule has 0 fully saturated rings. The number of carbonyl (C=O) groups excluding carboxylic acids is 1. The standard InChI is InChI=1S/C30H28BCl2N3O4/c1-29(2)23-9-7-18(12-24(23)31(38)39-29)17-35(4)28(37)27-10-8-22(26-6-5-11-36(26)27)25-16-30(3,40-34-25)19-13-20(32)15-21(33)14-19/h5-15,38H,16-17H2,1-4H3. The number of hydrogen-bond acceptors (Lipinski definition) is 5. The SMILES string of the molecule is CN(Cc1ccc2c(c1)B(O)OC2(C)C)C(=O)c1ccc(C2=NOC(C)(c3cc(Cl)cc(Cl)c3)C2)c2cccn12. The predicted molar refractivity (Wildman–Crippen MR) is 157 cm³/mol. The summed E-state index contributed by atoms with van der Waals surface area (Å²) in [4.78, 5) is 21.2. The number of carbonyl (C=O) groups is 1. The van der Waals surface area contributed by atoms with Gasteiger partial charge in [0, 0.05) is 47.4 Å². The Bertz CT molecular complexity index is 1680. The summed E-state index contributed by atoms with van der Waals surface area (Å²) in [6.07, 6.45) is 2.39. The normalized spacial score (nSPS) is 19.5. The molecule has 1 unspecified atom stereocenters. The predicted octanol–water partition coefficient (Wildman–Crippen LogP) is 5.51. The van der Waals surface area contributed by atoms with Gasteiger partial charge in [0.25, 0.3) is 5.91 Å². The molecule has 4 heterocycles. The summed E-state index contributed by atoms with van der Waals surface area (Å²) in [6.45, 7) is 6.20. The molecule has 7 nitrogen and oxygen atoms in total. The molecule has 0 saturated heterocycles. The maximum absolute atomic E-state index is 13.6. The highest BCUT2D eigenvalue weighted by atomic mass is 35.5. The first kappa shape index (κ1) is 26.9. The molecule has 1 N–H and O–H groups in total. The maximum Gasteiger partial charge on any atom is 0.492 e. The first-order valence-electron chi connectivity index (χ1n) is 13.0. The van der Waals surface area contributed by atoms with Crippen LogP contribution in [0.25, 0.3) is 5.52 Å². The van der Waals surface area contributed by atoms with Gasteiger partial charge in [-0.1, -0.05) is 46.6 Å². The molecule has 204 valence electrons. The monoisotopic (exact) mass is 575 g/mol. The fraction of sp³-hybridized carbons (Fsp3) is 0.267. The fourth-order valence-electron chi connectivity index (χ4n) is 5.67. The summed E-state index contributed by atoms with van der Waals surface area (Å²) in [5.74, 6) is -0.131. The Morgan fingerprint density at radius 3 is 2.60 bits per heavy atom. The van der Waals surface area contributed by atoms with Gasteiger partial charge in [-0.15, -0.1) is 0 Å². The van der Waals surface area contributed by atoms with Crippen molar-refractivity contribution < 1.29 is 19.3 Å². The number of fused-ring (bicyclic) bond motifs is 2. The maximum atomic E-state index is 13.6. The molecule has 4 aromatic rings. The zero-order valence-electron chi connectivity index (χ0n) is 22.6. The van der Waals surface area contributed by atoms with Crippen LogP contribution in [0.1, 0.15) is 59.9 Å². The van der Waals surface area contributed by atoms with Gasteiger partial charge in [-0.2, -0.15) is 0 Å². The van der Waals surface area contributed by atoms with Crippen LogP contribution in [0.4, 0.5) is 0 Å². The van der Waals surface area contributed by atoms with Crippen molar-refractivity contribution in [1.82, 2.24) is 9.30 Å². The lowest BCUT2D eigenvalue weighted by Gasteiger charge is -2.22. The minimum atomic E-state index is -0.974. The van der Waals surface area contributed by atoms with Gasteiger partial charge in [-0.25, -0.2) is 0 Å². The van der Waals surface area contributed by atoms with Gasteiger partial charge in [0.15, 0.2) is 5.60 Å². The average Bonchev–Trinajstić information content (AvgIpc) is 3.59. The Balaban J connectivity index is 1.24. The second-order valence-electron chi connectivity index (χ2n) is 11.2. The van der Waals surface area contributed by atoms with E-state index in [2.05, 4.69) is 5.16 Å². The van der Waals surface area contributed by atoms with E-state index in [4.69, 9.17) is 32.7 Å². The van der Waals surface area contributed by atoms with E-state index in [1.54, 1.807) is 18.0 Å². The number of pyridine rings is 1. The summed E-state index contributed by atoms with van der Waals surface area (Å²) in [5.41, 5.74) is 5.23. The third kappa shape index (κ3) is 4.59. The van der Waals surface area contributed by atoms with Crippen molar-refractivity contribution in [3.05, 3.63) is 105 Å². The van der Waals surface area contributed by atoms with Crippen molar-refractivity contribution in [3.8, 4) is 0 Å². The van der Waals surface area contributed by atoms with E-state index < -0.39 is 18.3 Å². The lowest BCUT2D eigenvalue weighted by atomic mass is 9.77. The quantitative estimate of drug-likeness (QED) is 0.318. The fourth-order valence-corrected chi connectivity index (χ4v) is 6.19. The van der Waals surface area contributed by atoms with E-state index in [1.807, 2.05) is 86.0 Å². The molecular weight excluding hydrogens is 548 g/mol. The molecule has 40 heavy (non-hydrogen) atoms. The molecular formula is C30H28BCl2N3O4. The first-order chi connectivity index (χ1) is 18.9. The van der Waals surface area contributed by atoms with Crippen LogP contribution in [0.5, 0.6) is 0 Å². The van der Waals surface area contributed by atoms with Gasteiger partial charge in [0.1, 0.15) is 5.69 Å². The Hall–Kier alpha value is -3.30. The zero-order chi connectivity index (χ0) is 28.4. The molecule has 0 aliphatic carbocycles. The van der Waals surface area contributed by atoms with Crippen LogP contribution in [0.15, 0.2) is 72.0 Å². The smallest absolute Gasteiger partial charge is 0.423 e. The zero-order valence-corrected chi connectivity index (χ0v) is 24.1. The second-order valence-corrected chi connectivity index (χ2v) is 12.0. The molecule has 10 heteroatoms. The number of hydrogen-bond donors (Lipinski definition) is 1. The van der Waals surface area contributed by atoms with E-state index in [1.165, 1.54) is 0 Å². The highest BCUT2D eigenvalue weighted by Crippen LogP contribution is 2.39. The van der Waals surface area contributed by atoms with Gasteiger partial charge in [0.2, 0.25) is 0 Å². The van der Waals surface area contributed by atoms with E-state index >= 15 is 0 Å². The summed E-state index contributed by atoms with van der Waals surface area (Å²) in [5, 5.41) is 15.9. The van der Waals surface area contributed by atoms with Crippen LogP contribution in [-0.2, 0) is 27.2 Å². The van der Waals surface area contributed by atoms with Crippen LogP contribution in [0, 0.1) is 0 Å². The van der Waals surface area contributed by atoms with Gasteiger partial charge in [0.05, 0.1) is 16.8 Å². The first-order valence-corrected chi connectivity index (χ1v) is 13.8. The van der Waals surface area contributed by atoms with Gasteiger partial charge < -0.3 is 23.8 Å². The number of amides is 1. The van der Waals surface area contributed by atoms with Gasteiger partial charge >= 0.3 is 7.12 Å². The molecule has 1 amide bonds. The molecule has 2 aromatic heterocycles. The third-order valence-corrected chi connectivity index (χ3v) is 8.20. The molecule has 0 bridgehead atoms. The van der Waals surface area contributed by atoms with Crippen LogP contribution >= 0.6 is 23.2 Å². The summed E-state index contributed by atoms with van der Waals surface area (Å²) in [7, 11) is 0.796. The van der Waals surface area contributed by atoms with Crippen molar-refractivity contribution in [2.24, 2.45) is 5.16 Å². The largest absolute Gasteiger partial charge is 0.492 e. The number of aromatic nitrogens is 1. The highest BCUT2D eigenvalue weighted by molar-refractivity contribution is 6.62. The second kappa shape index (κ2) is 9.66. The third-order valence-electron chi connectivity index (χ3n) is 7.76. The van der Waals surface area contributed by atoms with Gasteiger partial charge in [-0.3, -0.25) is 4.79 Å². The molecule has 0 radical (unpaired) electrons. The minimum Gasteiger partial charge on any atom is -0.423 e. The van der Waals surface area contributed by atoms with E-state index in [0.717, 1.165) is 38.9 Å². The van der Waals surface area contributed by atoms with Crippen molar-refractivity contribution in [3.63, 3.8) is 0 Å². The number of rotatable bonds is 5. The molecule has 2 aliphatic heterocycles. The van der Waals surface area contributed by atoms with Crippen molar-refractivity contribution in [1.29, 1.82) is 0 Å². The average molecular weight is 576 g/mol. The van der Waals surface area contributed by atoms with Gasteiger partial charge in [-0.05, 0) is 79.8 Å². The number of halogens is 2. The van der Waals surface area contributed by atoms with Crippen LogP contribution in [-0.4, -0.2) is 40.1 Å². The van der Waals surface area contributed by atoms with E-state index in [-0.39, 0.29) is 5.91 Å². The van der Waals surface area contributed by atoms with E-state index in [0.29, 0.717) is 28.7 Å². The highest BCUT2D eigenvalue weighted by Gasteiger charge is 2.41. The molecule has 0 saturated carbocycles. The molecule has 2 aromatic carbocycles. The summed E-state index contributed by atoms with van der Waals surface area (Å²) < 4.78 is 7.56. The number of oxime groups is 1.